The first kappa shape index (κ1) is 21.3. The number of guanidine groups is 1. The lowest BCUT2D eigenvalue weighted by Gasteiger charge is -2.17. The van der Waals surface area contributed by atoms with Crippen LogP contribution in [0.1, 0.15) is 18.9 Å². The van der Waals surface area contributed by atoms with Crippen molar-refractivity contribution in [2.24, 2.45) is 4.99 Å². The van der Waals surface area contributed by atoms with Crippen LogP contribution in [-0.4, -0.2) is 41.9 Å². The lowest BCUT2D eigenvalue weighted by molar-refractivity contribution is 0.570. The van der Waals surface area contributed by atoms with Gasteiger partial charge < -0.3 is 15.5 Å². The van der Waals surface area contributed by atoms with Gasteiger partial charge in [0.2, 0.25) is 0 Å². The van der Waals surface area contributed by atoms with Gasteiger partial charge in [-0.1, -0.05) is 24.3 Å². The Hall–Kier alpha value is -2.03. The molecule has 2 aromatic rings. The van der Waals surface area contributed by atoms with Crippen LogP contribution in [0.15, 0.2) is 59.9 Å². The lowest BCUT2D eigenvalue weighted by atomic mass is 10.2. The van der Waals surface area contributed by atoms with Crippen molar-refractivity contribution in [3.8, 4) is 0 Å². The topological polar surface area (TPSA) is 57.5 Å². The molecule has 3 rings (SSSR count). The van der Waals surface area contributed by atoms with Crippen molar-refractivity contribution >= 4 is 35.6 Å². The molecule has 0 spiro atoms. The molecule has 0 atom stereocenters. The number of aryl methyl sites for hydroxylation is 1. The highest BCUT2D eigenvalue weighted by Gasteiger charge is 2.07. The number of hydrogen-bond donors (Lipinski definition) is 2. The van der Waals surface area contributed by atoms with Gasteiger partial charge in [0.1, 0.15) is 0 Å². The number of anilines is 1. The zero-order valence-electron chi connectivity index (χ0n) is 15.8. The van der Waals surface area contributed by atoms with Crippen molar-refractivity contribution in [3.05, 3.63) is 60.4 Å². The number of aromatic nitrogens is 2. The molecule has 1 aromatic heterocycles. The third kappa shape index (κ3) is 6.89. The van der Waals surface area contributed by atoms with Crippen molar-refractivity contribution in [2.45, 2.75) is 26.4 Å². The van der Waals surface area contributed by atoms with Gasteiger partial charge in [0.15, 0.2) is 5.96 Å². The smallest absolute Gasteiger partial charge is 0.191 e. The van der Waals surface area contributed by atoms with E-state index in [0.717, 1.165) is 45.1 Å². The van der Waals surface area contributed by atoms with Crippen molar-refractivity contribution in [1.82, 2.24) is 20.4 Å². The fourth-order valence-corrected chi connectivity index (χ4v) is 2.89. The van der Waals surface area contributed by atoms with Crippen LogP contribution in [0.3, 0.4) is 0 Å². The Labute approximate surface area is 178 Å². The van der Waals surface area contributed by atoms with E-state index in [4.69, 9.17) is 4.99 Å². The van der Waals surface area contributed by atoms with E-state index in [1.807, 2.05) is 23.1 Å². The minimum Gasteiger partial charge on any atom is -0.364 e. The standard InChI is InChI=1S/C20H28N6.HI/c1-2-21-20(22-11-5-15-26-16-6-12-24-26)23-17-18-7-9-19(10-8-18)25-13-3-4-14-25;/h3-4,6-10,12,16H,2,5,11,13-15,17H2,1H3,(H2,21,22,23);1H. The van der Waals surface area contributed by atoms with Crippen LogP contribution >= 0.6 is 24.0 Å². The Kier molecular flexibility index (Phi) is 9.17. The summed E-state index contributed by atoms with van der Waals surface area (Å²) in [6.45, 7) is 7.40. The first-order valence-electron chi connectivity index (χ1n) is 9.33. The van der Waals surface area contributed by atoms with Gasteiger partial charge in [0.05, 0.1) is 6.54 Å². The molecular formula is C20H29IN6. The summed E-state index contributed by atoms with van der Waals surface area (Å²) in [7, 11) is 0. The average molecular weight is 480 g/mol. The summed E-state index contributed by atoms with van der Waals surface area (Å²) in [4.78, 5) is 7.04. The summed E-state index contributed by atoms with van der Waals surface area (Å²) in [6.07, 6.45) is 9.22. The maximum Gasteiger partial charge on any atom is 0.191 e. The van der Waals surface area contributed by atoms with Crippen molar-refractivity contribution in [2.75, 3.05) is 31.1 Å². The Morgan fingerprint density at radius 2 is 1.93 bits per heavy atom. The Morgan fingerprint density at radius 3 is 2.59 bits per heavy atom. The van der Waals surface area contributed by atoms with Crippen LogP contribution in [0.25, 0.3) is 0 Å². The van der Waals surface area contributed by atoms with Crippen LogP contribution in [0.2, 0.25) is 0 Å². The third-order valence-electron chi connectivity index (χ3n) is 4.30. The molecule has 2 N–H and O–H groups in total. The summed E-state index contributed by atoms with van der Waals surface area (Å²) in [5.41, 5.74) is 2.49. The first-order valence-corrected chi connectivity index (χ1v) is 9.33. The number of rotatable bonds is 8. The van der Waals surface area contributed by atoms with Gasteiger partial charge in [-0.2, -0.15) is 5.10 Å². The summed E-state index contributed by atoms with van der Waals surface area (Å²) < 4.78 is 1.95. The molecule has 1 aromatic carbocycles. The molecule has 0 saturated heterocycles. The highest BCUT2D eigenvalue weighted by molar-refractivity contribution is 14.0. The normalized spacial score (nSPS) is 13.5. The number of nitrogens with zero attached hydrogens (tertiary/aromatic N) is 4. The van der Waals surface area contributed by atoms with E-state index in [-0.39, 0.29) is 24.0 Å². The van der Waals surface area contributed by atoms with Crippen LogP contribution in [-0.2, 0) is 13.1 Å². The molecule has 7 heteroatoms. The highest BCUT2D eigenvalue weighted by atomic mass is 127. The van der Waals surface area contributed by atoms with Gasteiger partial charge >= 0.3 is 0 Å². The van der Waals surface area contributed by atoms with Crippen LogP contribution in [0, 0.1) is 0 Å². The number of hydrogen-bond acceptors (Lipinski definition) is 3. The van der Waals surface area contributed by atoms with Crippen molar-refractivity contribution in [3.63, 3.8) is 0 Å². The first-order chi connectivity index (χ1) is 12.8. The minimum absolute atomic E-state index is 0. The van der Waals surface area contributed by atoms with Gasteiger partial charge in [-0.3, -0.25) is 4.68 Å². The molecule has 1 aliphatic heterocycles. The quantitative estimate of drug-likeness (QED) is 0.201. The monoisotopic (exact) mass is 480 g/mol. The summed E-state index contributed by atoms with van der Waals surface area (Å²) in [5.74, 6) is 0.862. The number of nitrogens with one attached hydrogen (secondary N) is 2. The third-order valence-corrected chi connectivity index (χ3v) is 4.30. The van der Waals surface area contributed by atoms with Gasteiger partial charge in [0.25, 0.3) is 0 Å². The summed E-state index contributed by atoms with van der Waals surface area (Å²) in [5, 5.41) is 10.9. The molecule has 0 saturated carbocycles. The van der Waals surface area contributed by atoms with Gasteiger partial charge in [0, 0.05) is 50.8 Å². The average Bonchev–Trinajstić information content (AvgIpc) is 3.37. The predicted octanol–water partition coefficient (Wildman–Crippen LogP) is 3.02. The van der Waals surface area contributed by atoms with Crippen molar-refractivity contribution in [1.29, 1.82) is 0 Å². The largest absolute Gasteiger partial charge is 0.364 e. The molecule has 0 radical (unpaired) electrons. The van der Waals surface area contributed by atoms with Gasteiger partial charge in [-0.25, -0.2) is 4.99 Å². The SMILES string of the molecule is CCNC(=NCc1ccc(N2CC=CC2)cc1)NCCCn1cccn1.I. The molecule has 0 fully saturated rings. The van der Waals surface area contributed by atoms with Crippen LogP contribution in [0.4, 0.5) is 5.69 Å². The molecule has 27 heavy (non-hydrogen) atoms. The van der Waals surface area contributed by atoms with Gasteiger partial charge in [-0.05, 0) is 37.1 Å². The molecule has 0 aliphatic carbocycles. The Morgan fingerprint density at radius 1 is 1.15 bits per heavy atom. The predicted molar refractivity (Wildman–Crippen MR) is 123 cm³/mol. The summed E-state index contributed by atoms with van der Waals surface area (Å²) in [6, 6.07) is 10.6. The van der Waals surface area contributed by atoms with Crippen LogP contribution in [0.5, 0.6) is 0 Å². The lowest BCUT2D eigenvalue weighted by Crippen LogP contribution is -2.38. The van der Waals surface area contributed by atoms with E-state index in [1.165, 1.54) is 11.3 Å². The summed E-state index contributed by atoms with van der Waals surface area (Å²) >= 11 is 0. The molecule has 6 nitrogen and oxygen atoms in total. The molecule has 1 aliphatic rings. The minimum atomic E-state index is 0. The fourth-order valence-electron chi connectivity index (χ4n) is 2.89. The van der Waals surface area contributed by atoms with Crippen molar-refractivity contribution < 1.29 is 0 Å². The zero-order chi connectivity index (χ0) is 18.0. The molecule has 146 valence electrons. The van der Waals surface area contributed by atoms with Crippen LogP contribution < -0.4 is 15.5 Å². The van der Waals surface area contributed by atoms with E-state index >= 15 is 0 Å². The number of aliphatic imine (C=N–C) groups is 1. The van der Waals surface area contributed by atoms with E-state index in [2.05, 4.69) is 64.0 Å². The second-order valence-corrected chi connectivity index (χ2v) is 6.29. The number of benzene rings is 1. The molecule has 0 bridgehead atoms. The Balaban J connectivity index is 0.00000261. The molecule has 2 heterocycles. The molecular weight excluding hydrogens is 451 g/mol. The highest BCUT2D eigenvalue weighted by Crippen LogP contribution is 2.17. The van der Waals surface area contributed by atoms with Gasteiger partial charge in [-0.15, -0.1) is 24.0 Å². The maximum atomic E-state index is 4.69. The Bertz CT molecular complexity index is 701. The second kappa shape index (κ2) is 11.6. The van der Waals surface area contributed by atoms with E-state index < -0.39 is 0 Å². The molecule has 0 amide bonds. The fraction of sp³-hybridized carbons (Fsp3) is 0.400. The maximum absolute atomic E-state index is 4.69. The van der Waals surface area contributed by atoms with E-state index in [0.29, 0.717) is 6.54 Å². The van der Waals surface area contributed by atoms with E-state index in [1.54, 1.807) is 0 Å². The molecule has 0 unspecified atom stereocenters. The zero-order valence-corrected chi connectivity index (χ0v) is 18.2. The number of halogens is 1. The second-order valence-electron chi connectivity index (χ2n) is 6.29. The van der Waals surface area contributed by atoms with E-state index in [9.17, 15) is 0 Å².